The van der Waals surface area contributed by atoms with Gasteiger partial charge < -0.3 is 0 Å². The molecule has 1 aromatic heterocycles. The molecule has 0 unspecified atom stereocenters. The minimum absolute atomic E-state index is 0.127. The molecular weight excluding hydrogens is 336 g/mol. The lowest BCUT2D eigenvalue weighted by Gasteiger charge is -2.10. The second kappa shape index (κ2) is 7.16. The van der Waals surface area contributed by atoms with Crippen LogP contribution in [0, 0.1) is 0 Å². The number of hydrogen-bond donors (Lipinski definition) is 0. The number of carbonyl (C=O) groups is 1. The Labute approximate surface area is 155 Å². The summed E-state index contributed by atoms with van der Waals surface area (Å²) < 4.78 is 0. The Morgan fingerprint density at radius 1 is 0.704 bits per heavy atom. The fraction of sp³-hybridized carbons (Fsp3) is 0. The highest BCUT2D eigenvalue weighted by atomic mass is 16.1. The monoisotopic (exact) mass is 350 g/mol. The molecule has 4 rings (SSSR count). The number of para-hydroxylation sites is 2. The summed E-state index contributed by atoms with van der Waals surface area (Å²) in [5.74, 6) is 1.38. The third kappa shape index (κ3) is 3.17. The predicted molar refractivity (Wildman–Crippen MR) is 105 cm³/mol. The van der Waals surface area contributed by atoms with Crippen LogP contribution in [0.3, 0.4) is 0 Å². The number of aromatic nitrogens is 2. The third-order valence-corrected chi connectivity index (χ3v) is 4.22. The number of Topliss-reactive ketones (excluding diaryl/α,β-unsaturated/α-hetero) is 1. The van der Waals surface area contributed by atoms with Crippen LogP contribution in [0.2, 0.25) is 0 Å². The zero-order valence-corrected chi connectivity index (χ0v) is 14.3. The van der Waals surface area contributed by atoms with E-state index in [0.717, 1.165) is 5.56 Å². The quantitative estimate of drug-likeness (QED) is 0.311. The maximum absolute atomic E-state index is 12.9. The van der Waals surface area contributed by atoms with Crippen molar-refractivity contribution < 1.29 is 9.59 Å². The van der Waals surface area contributed by atoms with E-state index in [1.807, 2.05) is 54.6 Å². The van der Waals surface area contributed by atoms with Crippen molar-refractivity contribution in [2.45, 2.75) is 0 Å². The summed E-state index contributed by atoms with van der Waals surface area (Å²) >= 11 is 0. The molecule has 0 saturated carbocycles. The van der Waals surface area contributed by atoms with Crippen LogP contribution in [0.25, 0.3) is 27.9 Å². The van der Waals surface area contributed by atoms with Crippen LogP contribution in [-0.4, -0.2) is 21.7 Å². The lowest BCUT2D eigenvalue weighted by molar-refractivity contribution is 0.105. The minimum Gasteiger partial charge on any atom is -0.288 e. The summed E-state index contributed by atoms with van der Waals surface area (Å²) in [6.07, 6.45) is 0. The molecule has 1 heterocycles. The van der Waals surface area contributed by atoms with E-state index in [1.165, 1.54) is 0 Å². The van der Waals surface area contributed by atoms with Crippen molar-refractivity contribution in [2.75, 3.05) is 0 Å². The summed E-state index contributed by atoms with van der Waals surface area (Å²) in [6.45, 7) is 0. The highest BCUT2D eigenvalue weighted by molar-refractivity contribution is 6.35. The van der Waals surface area contributed by atoms with E-state index in [1.54, 1.807) is 36.3 Å². The standard InChI is InChI=1S/C23H14N2O2/c26-15-18(23(27)17-11-5-2-6-12-17)22-21(16-9-3-1-4-10-16)24-19-13-7-8-14-20(19)25-22/h1-14H. The third-order valence-electron chi connectivity index (χ3n) is 4.22. The first kappa shape index (κ1) is 16.6. The number of carbonyl (C=O) groups excluding carboxylic acids is 2. The van der Waals surface area contributed by atoms with Crippen molar-refractivity contribution in [2.24, 2.45) is 0 Å². The van der Waals surface area contributed by atoms with Crippen molar-refractivity contribution in [3.8, 4) is 11.3 Å². The van der Waals surface area contributed by atoms with E-state index in [2.05, 4.69) is 9.97 Å². The molecule has 0 aliphatic heterocycles. The largest absolute Gasteiger partial charge is 0.288 e. The van der Waals surface area contributed by atoms with E-state index in [9.17, 15) is 9.59 Å². The Morgan fingerprint density at radius 2 is 1.26 bits per heavy atom. The summed E-state index contributed by atoms with van der Waals surface area (Å²) in [6, 6.07) is 25.4. The molecule has 0 bridgehead atoms. The molecule has 0 fully saturated rings. The van der Waals surface area contributed by atoms with E-state index in [0.29, 0.717) is 22.3 Å². The van der Waals surface area contributed by atoms with Crippen molar-refractivity contribution in [1.29, 1.82) is 0 Å². The van der Waals surface area contributed by atoms with Crippen molar-refractivity contribution in [3.63, 3.8) is 0 Å². The van der Waals surface area contributed by atoms with Crippen LogP contribution < -0.4 is 0 Å². The summed E-state index contributed by atoms with van der Waals surface area (Å²) in [5, 5.41) is 0. The van der Waals surface area contributed by atoms with E-state index in [4.69, 9.17) is 0 Å². The molecule has 4 aromatic rings. The summed E-state index contributed by atoms with van der Waals surface area (Å²) in [7, 11) is 0. The second-order valence-electron chi connectivity index (χ2n) is 5.95. The number of nitrogens with zero attached hydrogens (tertiary/aromatic N) is 2. The Morgan fingerprint density at radius 3 is 1.89 bits per heavy atom. The second-order valence-corrected chi connectivity index (χ2v) is 5.95. The predicted octanol–water partition coefficient (Wildman–Crippen LogP) is 4.39. The molecule has 0 radical (unpaired) electrons. The topological polar surface area (TPSA) is 59.9 Å². The van der Waals surface area contributed by atoms with Gasteiger partial charge in [-0.1, -0.05) is 72.8 Å². The van der Waals surface area contributed by atoms with Crippen molar-refractivity contribution >= 4 is 28.3 Å². The van der Waals surface area contributed by atoms with Crippen LogP contribution in [0.1, 0.15) is 16.1 Å². The Hall–Kier alpha value is -3.88. The van der Waals surface area contributed by atoms with Gasteiger partial charge in [0.1, 0.15) is 17.2 Å². The molecule has 0 spiro atoms. The summed E-state index contributed by atoms with van der Waals surface area (Å²) in [4.78, 5) is 34.0. The zero-order chi connectivity index (χ0) is 18.6. The average Bonchev–Trinajstić information content (AvgIpc) is 2.75. The highest BCUT2D eigenvalue weighted by Gasteiger charge is 2.22. The van der Waals surface area contributed by atoms with Gasteiger partial charge in [0.25, 0.3) is 0 Å². The molecule has 0 aliphatic carbocycles. The molecule has 0 saturated heterocycles. The van der Waals surface area contributed by atoms with Crippen molar-refractivity contribution in [1.82, 2.24) is 9.97 Å². The van der Waals surface area contributed by atoms with Crippen LogP contribution in [-0.2, 0) is 4.79 Å². The first-order chi connectivity index (χ1) is 13.3. The van der Waals surface area contributed by atoms with Crippen LogP contribution >= 0.6 is 0 Å². The molecule has 4 nitrogen and oxygen atoms in total. The number of hydrogen-bond acceptors (Lipinski definition) is 4. The summed E-state index contributed by atoms with van der Waals surface area (Å²) in [5.41, 5.74) is 3.08. The molecule has 0 aliphatic rings. The Kier molecular flexibility index (Phi) is 4.40. The van der Waals surface area contributed by atoms with Gasteiger partial charge in [-0.3, -0.25) is 4.79 Å². The SMILES string of the molecule is O=C=C(C(=O)c1ccccc1)c1nc2ccccc2nc1-c1ccccc1. The lowest BCUT2D eigenvalue weighted by atomic mass is 9.98. The lowest BCUT2D eigenvalue weighted by Crippen LogP contribution is -2.08. The van der Waals surface area contributed by atoms with Gasteiger partial charge in [-0.05, 0) is 12.1 Å². The Balaban J connectivity index is 1.96. The van der Waals surface area contributed by atoms with Crippen molar-refractivity contribution in [3.05, 3.63) is 96.2 Å². The van der Waals surface area contributed by atoms with Crippen LogP contribution in [0.15, 0.2) is 84.9 Å². The Bertz CT molecular complexity index is 1180. The van der Waals surface area contributed by atoms with Gasteiger partial charge in [0.15, 0.2) is 0 Å². The van der Waals surface area contributed by atoms with E-state index < -0.39 is 5.78 Å². The normalized spacial score (nSPS) is 10.4. The van der Waals surface area contributed by atoms with Gasteiger partial charge in [-0.15, -0.1) is 0 Å². The number of fused-ring (bicyclic) bond motifs is 1. The van der Waals surface area contributed by atoms with E-state index >= 15 is 0 Å². The molecular formula is C23H14N2O2. The fourth-order valence-corrected chi connectivity index (χ4v) is 2.91. The first-order valence-corrected chi connectivity index (χ1v) is 8.45. The van der Waals surface area contributed by atoms with Crippen LogP contribution in [0.4, 0.5) is 0 Å². The average molecular weight is 350 g/mol. The molecule has 0 N–H and O–H groups in total. The van der Waals surface area contributed by atoms with Crippen LogP contribution in [0.5, 0.6) is 0 Å². The van der Waals surface area contributed by atoms with Gasteiger partial charge in [0.2, 0.25) is 5.78 Å². The molecule has 0 atom stereocenters. The maximum atomic E-state index is 12.9. The highest BCUT2D eigenvalue weighted by Crippen LogP contribution is 2.28. The molecule has 27 heavy (non-hydrogen) atoms. The van der Waals surface area contributed by atoms with E-state index in [-0.39, 0.29) is 11.3 Å². The molecule has 128 valence electrons. The first-order valence-electron chi connectivity index (χ1n) is 8.45. The molecule has 3 aromatic carbocycles. The zero-order valence-electron chi connectivity index (χ0n) is 14.3. The number of benzene rings is 3. The minimum atomic E-state index is -0.424. The number of rotatable bonds is 4. The number of allylic oxidation sites excluding steroid dienone is 1. The van der Waals surface area contributed by atoms with Gasteiger partial charge in [0, 0.05) is 11.1 Å². The van der Waals surface area contributed by atoms with Gasteiger partial charge in [0.05, 0.1) is 16.7 Å². The molecule has 0 amide bonds. The smallest absolute Gasteiger partial charge is 0.206 e. The molecule has 4 heteroatoms. The maximum Gasteiger partial charge on any atom is 0.206 e. The van der Waals surface area contributed by atoms with Gasteiger partial charge >= 0.3 is 0 Å². The fourth-order valence-electron chi connectivity index (χ4n) is 2.91. The van der Waals surface area contributed by atoms with Gasteiger partial charge in [-0.25, -0.2) is 14.8 Å². The number of ketones is 1. The van der Waals surface area contributed by atoms with Gasteiger partial charge in [-0.2, -0.15) is 0 Å².